The average molecular weight is 282 g/mol. The third-order valence-corrected chi connectivity index (χ3v) is 4.42. The Kier molecular flexibility index (Phi) is 4.60. The zero-order valence-corrected chi connectivity index (χ0v) is 12.7. The van der Waals surface area contributed by atoms with Crippen molar-refractivity contribution in [2.75, 3.05) is 32.7 Å². The first-order valence-corrected chi connectivity index (χ1v) is 7.55. The van der Waals surface area contributed by atoms with Gasteiger partial charge in [-0.1, -0.05) is 0 Å². The second kappa shape index (κ2) is 6.03. The van der Waals surface area contributed by atoms with E-state index in [2.05, 4.69) is 4.90 Å². The van der Waals surface area contributed by atoms with Gasteiger partial charge >= 0.3 is 0 Å². The van der Waals surface area contributed by atoms with Gasteiger partial charge in [0.05, 0.1) is 11.7 Å². The Hall–Kier alpha value is -0.910. The summed E-state index contributed by atoms with van der Waals surface area (Å²) in [5, 5.41) is 9.38. The van der Waals surface area contributed by atoms with Crippen LogP contribution in [-0.4, -0.2) is 59.6 Å². The number of aliphatic hydroxyl groups is 1. The Morgan fingerprint density at radius 1 is 1.37 bits per heavy atom. The third-order valence-electron chi connectivity index (χ3n) is 3.45. The van der Waals surface area contributed by atoms with Crippen molar-refractivity contribution < 1.29 is 9.90 Å². The summed E-state index contributed by atoms with van der Waals surface area (Å²) in [7, 11) is 0. The number of nitrogens with zero attached hydrogens (tertiary/aromatic N) is 2. The predicted octanol–water partition coefficient (Wildman–Crippen LogP) is 1.50. The largest absolute Gasteiger partial charge is 0.392 e. The zero-order valence-electron chi connectivity index (χ0n) is 11.8. The van der Waals surface area contributed by atoms with Crippen molar-refractivity contribution in [1.29, 1.82) is 0 Å². The van der Waals surface area contributed by atoms with Crippen LogP contribution >= 0.6 is 11.3 Å². The SMILES string of the molecule is Cc1cc(C(=O)N2CCN(C[C@H](C)O)CC2)c(C)s1. The maximum absolute atomic E-state index is 12.4. The minimum atomic E-state index is -0.302. The molecule has 0 radical (unpaired) electrons. The first-order valence-electron chi connectivity index (χ1n) is 6.74. The van der Waals surface area contributed by atoms with Crippen molar-refractivity contribution in [3.8, 4) is 0 Å². The van der Waals surface area contributed by atoms with Crippen molar-refractivity contribution in [3.63, 3.8) is 0 Å². The van der Waals surface area contributed by atoms with E-state index in [9.17, 15) is 9.90 Å². The van der Waals surface area contributed by atoms with Crippen molar-refractivity contribution in [2.45, 2.75) is 26.9 Å². The van der Waals surface area contributed by atoms with Gasteiger partial charge in [-0.15, -0.1) is 11.3 Å². The standard InChI is InChI=1S/C14H22N2O2S/c1-10(17)9-15-4-6-16(7-5-15)14(18)13-8-11(2)19-12(13)3/h8,10,17H,4-7,9H2,1-3H3/t10-/m0/s1. The summed E-state index contributed by atoms with van der Waals surface area (Å²) in [6.07, 6.45) is -0.302. The molecule has 1 aliphatic heterocycles. The molecular weight excluding hydrogens is 260 g/mol. The van der Waals surface area contributed by atoms with Crippen molar-refractivity contribution in [2.24, 2.45) is 0 Å². The molecule has 0 aliphatic carbocycles. The first kappa shape index (κ1) is 14.5. The van der Waals surface area contributed by atoms with E-state index in [1.54, 1.807) is 18.3 Å². The van der Waals surface area contributed by atoms with Gasteiger partial charge in [0.15, 0.2) is 0 Å². The van der Waals surface area contributed by atoms with Gasteiger partial charge in [-0.25, -0.2) is 0 Å². The number of hydrogen-bond acceptors (Lipinski definition) is 4. The number of rotatable bonds is 3. The van der Waals surface area contributed by atoms with E-state index >= 15 is 0 Å². The van der Waals surface area contributed by atoms with E-state index in [4.69, 9.17) is 0 Å². The molecule has 2 heterocycles. The molecule has 0 unspecified atom stereocenters. The minimum absolute atomic E-state index is 0.151. The molecule has 1 saturated heterocycles. The fourth-order valence-electron chi connectivity index (χ4n) is 2.52. The third kappa shape index (κ3) is 3.55. The van der Waals surface area contributed by atoms with Crippen LogP contribution in [0.25, 0.3) is 0 Å². The lowest BCUT2D eigenvalue weighted by Crippen LogP contribution is -2.50. The maximum atomic E-state index is 12.4. The summed E-state index contributed by atoms with van der Waals surface area (Å²) >= 11 is 1.68. The summed E-state index contributed by atoms with van der Waals surface area (Å²) in [5.41, 5.74) is 0.853. The number of amides is 1. The lowest BCUT2D eigenvalue weighted by atomic mass is 10.2. The van der Waals surface area contributed by atoms with Crippen LogP contribution in [0.3, 0.4) is 0 Å². The van der Waals surface area contributed by atoms with E-state index in [1.165, 1.54) is 4.88 Å². The highest BCUT2D eigenvalue weighted by molar-refractivity contribution is 7.12. The normalized spacial score (nSPS) is 18.6. The van der Waals surface area contributed by atoms with Gasteiger partial charge in [0, 0.05) is 42.5 Å². The Balaban J connectivity index is 1.94. The van der Waals surface area contributed by atoms with Crippen LogP contribution in [0.5, 0.6) is 0 Å². The van der Waals surface area contributed by atoms with E-state index in [0.29, 0.717) is 6.54 Å². The fraction of sp³-hybridized carbons (Fsp3) is 0.643. The molecule has 1 aliphatic rings. The number of aliphatic hydroxyl groups excluding tert-OH is 1. The Morgan fingerprint density at radius 3 is 2.47 bits per heavy atom. The van der Waals surface area contributed by atoms with Gasteiger partial charge in [-0.2, -0.15) is 0 Å². The molecule has 4 nitrogen and oxygen atoms in total. The first-order chi connectivity index (χ1) is 8.97. The number of β-amino-alcohol motifs (C(OH)–C–C–N with tert-alkyl or cyclic N) is 1. The monoisotopic (exact) mass is 282 g/mol. The van der Waals surface area contributed by atoms with E-state index in [0.717, 1.165) is 36.6 Å². The minimum Gasteiger partial charge on any atom is -0.392 e. The molecule has 19 heavy (non-hydrogen) atoms. The highest BCUT2D eigenvalue weighted by atomic mass is 32.1. The number of aryl methyl sites for hydroxylation is 2. The molecule has 1 amide bonds. The quantitative estimate of drug-likeness (QED) is 0.914. The molecule has 0 bridgehead atoms. The number of carbonyl (C=O) groups is 1. The molecule has 1 N–H and O–H groups in total. The Bertz CT molecular complexity index is 448. The van der Waals surface area contributed by atoms with Crippen molar-refractivity contribution in [3.05, 3.63) is 21.4 Å². The molecule has 1 aromatic rings. The molecular formula is C14H22N2O2S. The molecule has 106 valence electrons. The molecule has 1 atom stereocenters. The Morgan fingerprint density at radius 2 is 2.00 bits per heavy atom. The molecule has 0 saturated carbocycles. The molecule has 5 heteroatoms. The van der Waals surface area contributed by atoms with Crippen LogP contribution in [-0.2, 0) is 0 Å². The van der Waals surface area contributed by atoms with Crippen molar-refractivity contribution in [1.82, 2.24) is 9.80 Å². The molecule has 0 aromatic carbocycles. The molecule has 2 rings (SSSR count). The van der Waals surface area contributed by atoms with Gasteiger partial charge in [-0.05, 0) is 26.8 Å². The van der Waals surface area contributed by atoms with Gasteiger partial charge < -0.3 is 10.0 Å². The number of thiophene rings is 1. The molecule has 0 spiro atoms. The summed E-state index contributed by atoms with van der Waals surface area (Å²) in [6.45, 7) is 9.73. The van der Waals surface area contributed by atoms with Crippen LogP contribution in [0, 0.1) is 13.8 Å². The highest BCUT2D eigenvalue weighted by Crippen LogP contribution is 2.22. The van der Waals surface area contributed by atoms with Crippen LogP contribution in [0.15, 0.2) is 6.07 Å². The number of carbonyl (C=O) groups excluding carboxylic acids is 1. The van der Waals surface area contributed by atoms with Crippen LogP contribution in [0.1, 0.15) is 27.0 Å². The van der Waals surface area contributed by atoms with Crippen LogP contribution in [0.2, 0.25) is 0 Å². The maximum Gasteiger partial charge on any atom is 0.255 e. The summed E-state index contributed by atoms with van der Waals surface area (Å²) in [4.78, 5) is 18.9. The van der Waals surface area contributed by atoms with Crippen LogP contribution < -0.4 is 0 Å². The Labute approximate surface area is 118 Å². The van der Waals surface area contributed by atoms with Gasteiger partial charge in [-0.3, -0.25) is 9.69 Å². The van der Waals surface area contributed by atoms with Crippen molar-refractivity contribution >= 4 is 17.2 Å². The molecule has 1 aromatic heterocycles. The zero-order chi connectivity index (χ0) is 14.0. The number of hydrogen-bond donors (Lipinski definition) is 1. The second-order valence-electron chi connectivity index (χ2n) is 5.27. The van der Waals surface area contributed by atoms with E-state index in [1.807, 2.05) is 24.8 Å². The smallest absolute Gasteiger partial charge is 0.255 e. The summed E-state index contributed by atoms with van der Waals surface area (Å²) in [5.74, 6) is 0.151. The molecule has 1 fully saturated rings. The van der Waals surface area contributed by atoms with Gasteiger partial charge in [0.25, 0.3) is 5.91 Å². The highest BCUT2D eigenvalue weighted by Gasteiger charge is 2.24. The fourth-order valence-corrected chi connectivity index (χ4v) is 3.44. The van der Waals surface area contributed by atoms with E-state index < -0.39 is 0 Å². The lowest BCUT2D eigenvalue weighted by molar-refractivity contribution is 0.0554. The number of piperazine rings is 1. The van der Waals surface area contributed by atoms with Crippen LogP contribution in [0.4, 0.5) is 0 Å². The summed E-state index contributed by atoms with van der Waals surface area (Å²) in [6, 6.07) is 1.99. The average Bonchev–Trinajstić information content (AvgIpc) is 2.68. The van der Waals surface area contributed by atoms with E-state index in [-0.39, 0.29) is 12.0 Å². The predicted molar refractivity (Wildman–Crippen MR) is 77.8 cm³/mol. The lowest BCUT2D eigenvalue weighted by Gasteiger charge is -2.35. The van der Waals surface area contributed by atoms with Gasteiger partial charge in [0.2, 0.25) is 0 Å². The summed E-state index contributed by atoms with van der Waals surface area (Å²) < 4.78 is 0. The second-order valence-corrected chi connectivity index (χ2v) is 6.73. The topological polar surface area (TPSA) is 43.8 Å². The van der Waals surface area contributed by atoms with Gasteiger partial charge in [0.1, 0.15) is 0 Å².